The summed E-state index contributed by atoms with van der Waals surface area (Å²) in [4.78, 5) is 12.7. The zero-order valence-corrected chi connectivity index (χ0v) is 20.4. The summed E-state index contributed by atoms with van der Waals surface area (Å²) in [5, 5.41) is 2.75. The second-order valence-corrected chi connectivity index (χ2v) is 9.64. The fourth-order valence-corrected chi connectivity index (χ4v) is 4.58. The highest BCUT2D eigenvalue weighted by Crippen LogP contribution is 2.27. The van der Waals surface area contributed by atoms with Crippen LogP contribution in [-0.4, -0.2) is 39.8 Å². The number of hydrogen-bond acceptors (Lipinski definition) is 5. The molecule has 0 aromatic heterocycles. The standard InChI is InChI=1S/C26H30N2O5S/c1-4-21-10-14-23(15-11-21)32-19-18-27-26(29)20(2)28(34(3,30)31)22-12-16-25(17-13-22)33-24-8-6-5-7-9-24/h5-17,20H,4,18-19H2,1-3H3,(H,27,29)/t20-/m1/s1. The first-order valence-electron chi connectivity index (χ1n) is 11.1. The molecule has 0 aliphatic heterocycles. The molecule has 0 spiro atoms. The molecule has 1 amide bonds. The van der Waals surface area contributed by atoms with E-state index in [2.05, 4.69) is 12.2 Å². The normalized spacial score (nSPS) is 12.0. The van der Waals surface area contributed by atoms with Gasteiger partial charge in [-0.25, -0.2) is 8.42 Å². The Labute approximate surface area is 201 Å². The fourth-order valence-electron chi connectivity index (χ4n) is 3.41. The maximum Gasteiger partial charge on any atom is 0.243 e. The van der Waals surface area contributed by atoms with Gasteiger partial charge in [0.25, 0.3) is 0 Å². The Balaban J connectivity index is 1.59. The van der Waals surface area contributed by atoms with E-state index in [9.17, 15) is 13.2 Å². The Morgan fingerprint density at radius 1 is 0.912 bits per heavy atom. The fraction of sp³-hybridized carbons (Fsp3) is 0.269. The zero-order valence-electron chi connectivity index (χ0n) is 19.6. The lowest BCUT2D eigenvalue weighted by Crippen LogP contribution is -2.48. The SMILES string of the molecule is CCc1ccc(OCCNC(=O)[C@@H](C)N(c2ccc(Oc3ccccc3)cc2)S(C)(=O)=O)cc1. The van der Waals surface area contributed by atoms with Crippen molar-refractivity contribution in [2.45, 2.75) is 26.3 Å². The van der Waals surface area contributed by atoms with Crippen LogP contribution in [0.1, 0.15) is 19.4 Å². The number of nitrogens with one attached hydrogen (secondary N) is 1. The van der Waals surface area contributed by atoms with Crippen LogP contribution in [-0.2, 0) is 21.2 Å². The molecule has 3 rings (SSSR count). The lowest BCUT2D eigenvalue weighted by atomic mass is 10.2. The molecule has 3 aromatic rings. The van der Waals surface area contributed by atoms with Crippen LogP contribution >= 0.6 is 0 Å². The predicted octanol–water partition coefficient (Wildman–Crippen LogP) is 4.39. The molecule has 0 saturated heterocycles. The zero-order chi connectivity index (χ0) is 24.6. The van der Waals surface area contributed by atoms with Crippen molar-refractivity contribution < 1.29 is 22.7 Å². The summed E-state index contributed by atoms with van der Waals surface area (Å²) >= 11 is 0. The van der Waals surface area contributed by atoms with Crippen molar-refractivity contribution in [3.63, 3.8) is 0 Å². The average Bonchev–Trinajstić information content (AvgIpc) is 2.83. The number of para-hydroxylation sites is 1. The van der Waals surface area contributed by atoms with Crippen LogP contribution in [0.4, 0.5) is 5.69 Å². The molecule has 3 aromatic carbocycles. The molecule has 0 fully saturated rings. The van der Waals surface area contributed by atoms with Crippen molar-refractivity contribution in [2.24, 2.45) is 0 Å². The van der Waals surface area contributed by atoms with Gasteiger partial charge in [0.2, 0.25) is 15.9 Å². The Hall–Kier alpha value is -3.52. The van der Waals surface area contributed by atoms with Crippen molar-refractivity contribution in [2.75, 3.05) is 23.7 Å². The summed E-state index contributed by atoms with van der Waals surface area (Å²) in [5.74, 6) is 1.53. The first kappa shape index (κ1) is 25.1. The van der Waals surface area contributed by atoms with E-state index in [1.54, 1.807) is 31.2 Å². The minimum Gasteiger partial charge on any atom is -0.492 e. The highest BCUT2D eigenvalue weighted by molar-refractivity contribution is 7.92. The lowest BCUT2D eigenvalue weighted by molar-refractivity contribution is -0.121. The van der Waals surface area contributed by atoms with Gasteiger partial charge in [0.05, 0.1) is 18.5 Å². The van der Waals surface area contributed by atoms with Crippen LogP contribution in [0.25, 0.3) is 0 Å². The molecule has 1 atom stereocenters. The van der Waals surface area contributed by atoms with Crippen molar-refractivity contribution in [1.82, 2.24) is 5.32 Å². The molecular weight excluding hydrogens is 452 g/mol. The monoisotopic (exact) mass is 482 g/mol. The van der Waals surface area contributed by atoms with Crippen LogP contribution in [0.15, 0.2) is 78.9 Å². The Morgan fingerprint density at radius 2 is 1.50 bits per heavy atom. The second-order valence-electron chi connectivity index (χ2n) is 7.78. The molecule has 8 heteroatoms. The molecule has 180 valence electrons. The van der Waals surface area contributed by atoms with Gasteiger partial charge in [-0.05, 0) is 67.4 Å². The molecule has 0 bridgehead atoms. The number of carbonyl (C=O) groups excluding carboxylic acids is 1. The number of benzene rings is 3. The minimum atomic E-state index is -3.71. The van der Waals surface area contributed by atoms with Gasteiger partial charge < -0.3 is 14.8 Å². The number of ether oxygens (including phenoxy) is 2. The summed E-state index contributed by atoms with van der Waals surface area (Å²) in [6, 6.07) is 22.7. The Morgan fingerprint density at radius 3 is 2.09 bits per heavy atom. The van der Waals surface area contributed by atoms with Crippen LogP contribution in [0.3, 0.4) is 0 Å². The Kier molecular flexibility index (Phi) is 8.54. The smallest absolute Gasteiger partial charge is 0.243 e. The van der Waals surface area contributed by atoms with Crippen LogP contribution in [0.2, 0.25) is 0 Å². The third kappa shape index (κ3) is 6.99. The molecule has 0 radical (unpaired) electrons. The van der Waals surface area contributed by atoms with E-state index in [1.165, 1.54) is 5.56 Å². The van der Waals surface area contributed by atoms with Crippen LogP contribution in [0, 0.1) is 0 Å². The summed E-state index contributed by atoms with van der Waals surface area (Å²) < 4.78 is 37.5. The molecular formula is C26H30N2O5S. The molecule has 0 heterocycles. The number of aryl methyl sites for hydroxylation is 1. The third-order valence-corrected chi connectivity index (χ3v) is 6.40. The predicted molar refractivity (Wildman–Crippen MR) is 134 cm³/mol. The molecule has 1 N–H and O–H groups in total. The van der Waals surface area contributed by atoms with E-state index in [0.717, 1.165) is 22.7 Å². The largest absolute Gasteiger partial charge is 0.492 e. The summed E-state index contributed by atoms with van der Waals surface area (Å²) in [6.45, 7) is 4.16. The molecule has 0 aliphatic carbocycles. The van der Waals surface area contributed by atoms with Crippen molar-refractivity contribution >= 4 is 21.6 Å². The topological polar surface area (TPSA) is 84.9 Å². The summed E-state index contributed by atoms with van der Waals surface area (Å²) in [6.07, 6.45) is 2.03. The molecule has 7 nitrogen and oxygen atoms in total. The minimum absolute atomic E-state index is 0.250. The van der Waals surface area contributed by atoms with Crippen LogP contribution < -0.4 is 19.1 Å². The van der Waals surface area contributed by atoms with E-state index in [-0.39, 0.29) is 13.2 Å². The molecule has 0 saturated carbocycles. The number of nitrogens with zero attached hydrogens (tertiary/aromatic N) is 1. The quantitative estimate of drug-likeness (QED) is 0.410. The van der Waals surface area contributed by atoms with E-state index in [4.69, 9.17) is 9.47 Å². The number of anilines is 1. The van der Waals surface area contributed by atoms with E-state index >= 15 is 0 Å². The number of hydrogen-bond donors (Lipinski definition) is 1. The third-order valence-electron chi connectivity index (χ3n) is 5.16. The number of amides is 1. The van der Waals surface area contributed by atoms with E-state index in [0.29, 0.717) is 17.2 Å². The van der Waals surface area contributed by atoms with Gasteiger partial charge in [-0.15, -0.1) is 0 Å². The van der Waals surface area contributed by atoms with Crippen LogP contribution in [0.5, 0.6) is 17.2 Å². The molecule has 34 heavy (non-hydrogen) atoms. The average molecular weight is 483 g/mol. The van der Waals surface area contributed by atoms with Gasteiger partial charge in [0, 0.05) is 0 Å². The molecule has 0 unspecified atom stereocenters. The summed E-state index contributed by atoms with van der Waals surface area (Å²) in [5.41, 5.74) is 1.59. The van der Waals surface area contributed by atoms with E-state index in [1.807, 2.05) is 54.6 Å². The van der Waals surface area contributed by atoms with Gasteiger partial charge >= 0.3 is 0 Å². The second kappa shape index (κ2) is 11.6. The maximum atomic E-state index is 12.7. The highest BCUT2D eigenvalue weighted by atomic mass is 32.2. The summed E-state index contributed by atoms with van der Waals surface area (Å²) in [7, 11) is -3.71. The number of carbonyl (C=O) groups is 1. The van der Waals surface area contributed by atoms with Gasteiger partial charge in [0.15, 0.2) is 0 Å². The Bertz CT molecular complexity index is 1160. The lowest BCUT2D eigenvalue weighted by Gasteiger charge is -2.28. The van der Waals surface area contributed by atoms with Gasteiger partial charge in [-0.1, -0.05) is 37.3 Å². The first-order valence-corrected chi connectivity index (χ1v) is 12.9. The first-order chi connectivity index (χ1) is 16.3. The van der Waals surface area contributed by atoms with Crippen molar-refractivity contribution in [1.29, 1.82) is 0 Å². The van der Waals surface area contributed by atoms with Gasteiger partial charge in [-0.2, -0.15) is 0 Å². The number of sulfonamides is 1. The van der Waals surface area contributed by atoms with Crippen molar-refractivity contribution in [3.05, 3.63) is 84.4 Å². The highest BCUT2D eigenvalue weighted by Gasteiger charge is 2.29. The van der Waals surface area contributed by atoms with Crippen molar-refractivity contribution in [3.8, 4) is 17.2 Å². The van der Waals surface area contributed by atoms with Gasteiger partial charge in [0.1, 0.15) is 29.9 Å². The molecule has 0 aliphatic rings. The van der Waals surface area contributed by atoms with Gasteiger partial charge in [-0.3, -0.25) is 9.10 Å². The number of rotatable bonds is 11. The van der Waals surface area contributed by atoms with E-state index < -0.39 is 22.0 Å². The maximum absolute atomic E-state index is 12.7.